The molecule has 1 aromatic carbocycles. The molecule has 1 aromatic rings. The van der Waals surface area contributed by atoms with Crippen LogP contribution in [0.1, 0.15) is 24.8 Å². The molecule has 3 nitrogen and oxygen atoms in total. The lowest BCUT2D eigenvalue weighted by atomic mass is 10.1. The number of carbonyl (C=O) groups excluding carboxylic acids is 1. The minimum Gasteiger partial charge on any atom is -0.449 e. The zero-order chi connectivity index (χ0) is 11.9. The molecule has 3 heteroatoms. The van der Waals surface area contributed by atoms with E-state index >= 15 is 0 Å². The summed E-state index contributed by atoms with van der Waals surface area (Å²) >= 11 is 0. The van der Waals surface area contributed by atoms with E-state index in [0.717, 1.165) is 32.4 Å². The first-order valence-corrected chi connectivity index (χ1v) is 6.32. The zero-order valence-corrected chi connectivity index (χ0v) is 10.1. The van der Waals surface area contributed by atoms with Gasteiger partial charge in [-0.05, 0) is 24.8 Å². The van der Waals surface area contributed by atoms with Gasteiger partial charge in [-0.2, -0.15) is 0 Å². The Labute approximate surface area is 102 Å². The van der Waals surface area contributed by atoms with Crippen LogP contribution in [0.15, 0.2) is 30.3 Å². The number of carbonyl (C=O) groups is 1. The van der Waals surface area contributed by atoms with Gasteiger partial charge in [-0.25, -0.2) is 4.79 Å². The Balaban J connectivity index is 1.69. The van der Waals surface area contributed by atoms with Crippen molar-refractivity contribution in [2.24, 2.45) is 0 Å². The molecule has 1 amide bonds. The van der Waals surface area contributed by atoms with Gasteiger partial charge in [-0.15, -0.1) is 0 Å². The van der Waals surface area contributed by atoms with Crippen LogP contribution in [0.2, 0.25) is 0 Å². The Morgan fingerprint density at radius 3 is 2.53 bits per heavy atom. The highest BCUT2D eigenvalue weighted by molar-refractivity contribution is 5.67. The van der Waals surface area contributed by atoms with Crippen molar-refractivity contribution in [3.8, 4) is 0 Å². The van der Waals surface area contributed by atoms with Gasteiger partial charge in [0, 0.05) is 19.5 Å². The quantitative estimate of drug-likeness (QED) is 0.803. The average Bonchev–Trinajstić information content (AvgIpc) is 2.41. The number of benzene rings is 1. The van der Waals surface area contributed by atoms with Crippen LogP contribution in [0.5, 0.6) is 0 Å². The number of hydrogen-bond acceptors (Lipinski definition) is 2. The van der Waals surface area contributed by atoms with E-state index in [1.165, 1.54) is 12.0 Å². The van der Waals surface area contributed by atoms with E-state index in [0.29, 0.717) is 6.61 Å². The van der Waals surface area contributed by atoms with Gasteiger partial charge in [-0.3, -0.25) is 0 Å². The predicted molar refractivity (Wildman–Crippen MR) is 66.9 cm³/mol. The van der Waals surface area contributed by atoms with Crippen LogP contribution in [0.4, 0.5) is 4.79 Å². The molecule has 17 heavy (non-hydrogen) atoms. The Bertz CT molecular complexity index is 344. The van der Waals surface area contributed by atoms with E-state index in [9.17, 15) is 4.79 Å². The molecule has 0 atom stereocenters. The molecule has 0 unspecified atom stereocenters. The summed E-state index contributed by atoms with van der Waals surface area (Å²) in [4.78, 5) is 13.5. The van der Waals surface area contributed by atoms with Crippen LogP contribution in [-0.2, 0) is 11.2 Å². The number of piperidine rings is 1. The van der Waals surface area contributed by atoms with Crippen molar-refractivity contribution in [3.63, 3.8) is 0 Å². The molecule has 0 N–H and O–H groups in total. The molecule has 1 saturated heterocycles. The van der Waals surface area contributed by atoms with Crippen molar-refractivity contribution in [2.45, 2.75) is 25.7 Å². The van der Waals surface area contributed by atoms with Gasteiger partial charge in [0.1, 0.15) is 0 Å². The fourth-order valence-corrected chi connectivity index (χ4v) is 2.07. The molecule has 0 aliphatic carbocycles. The van der Waals surface area contributed by atoms with E-state index in [1.807, 2.05) is 23.1 Å². The normalized spacial score (nSPS) is 15.6. The summed E-state index contributed by atoms with van der Waals surface area (Å²) in [5.41, 5.74) is 1.21. The molecule has 1 aliphatic heterocycles. The SMILES string of the molecule is O=C(OCCc1ccccc1)N1CCCCC1. The standard InChI is InChI=1S/C14H19NO2/c16-14(15-10-5-2-6-11-15)17-12-9-13-7-3-1-4-8-13/h1,3-4,7-8H,2,5-6,9-12H2. The van der Waals surface area contributed by atoms with Gasteiger partial charge >= 0.3 is 6.09 Å². The minimum absolute atomic E-state index is 0.152. The number of rotatable bonds is 3. The molecule has 1 heterocycles. The van der Waals surface area contributed by atoms with Gasteiger partial charge in [0.2, 0.25) is 0 Å². The second-order valence-electron chi connectivity index (χ2n) is 4.40. The summed E-state index contributed by atoms with van der Waals surface area (Å²) in [5.74, 6) is 0. The fourth-order valence-electron chi connectivity index (χ4n) is 2.07. The lowest BCUT2D eigenvalue weighted by Gasteiger charge is -2.25. The second-order valence-corrected chi connectivity index (χ2v) is 4.40. The summed E-state index contributed by atoms with van der Waals surface area (Å²) in [6, 6.07) is 10.1. The first-order valence-electron chi connectivity index (χ1n) is 6.32. The average molecular weight is 233 g/mol. The summed E-state index contributed by atoms with van der Waals surface area (Å²) in [6.45, 7) is 2.17. The number of hydrogen-bond donors (Lipinski definition) is 0. The third kappa shape index (κ3) is 3.77. The highest BCUT2D eigenvalue weighted by atomic mass is 16.6. The van der Waals surface area contributed by atoms with E-state index in [4.69, 9.17) is 4.74 Å². The molecule has 1 fully saturated rings. The smallest absolute Gasteiger partial charge is 0.409 e. The van der Waals surface area contributed by atoms with Crippen LogP contribution >= 0.6 is 0 Å². The Morgan fingerprint density at radius 2 is 1.82 bits per heavy atom. The molecule has 0 bridgehead atoms. The van der Waals surface area contributed by atoms with Crippen LogP contribution in [-0.4, -0.2) is 30.7 Å². The lowest BCUT2D eigenvalue weighted by molar-refractivity contribution is 0.0962. The third-order valence-electron chi connectivity index (χ3n) is 3.07. The number of ether oxygens (including phenoxy) is 1. The van der Waals surface area contributed by atoms with Gasteiger partial charge in [0.15, 0.2) is 0 Å². The molecular formula is C14H19NO2. The Kier molecular flexibility index (Phi) is 4.42. The van der Waals surface area contributed by atoms with Gasteiger partial charge < -0.3 is 9.64 Å². The van der Waals surface area contributed by atoms with Crippen molar-refractivity contribution in [2.75, 3.05) is 19.7 Å². The molecule has 0 saturated carbocycles. The summed E-state index contributed by atoms with van der Waals surface area (Å²) in [5, 5.41) is 0. The Hall–Kier alpha value is -1.51. The highest BCUT2D eigenvalue weighted by Gasteiger charge is 2.17. The maximum Gasteiger partial charge on any atom is 0.409 e. The summed E-state index contributed by atoms with van der Waals surface area (Å²) in [6.07, 6.45) is 4.08. The van der Waals surface area contributed by atoms with Crippen molar-refractivity contribution in [3.05, 3.63) is 35.9 Å². The van der Waals surface area contributed by atoms with Gasteiger partial charge in [-0.1, -0.05) is 30.3 Å². The maximum absolute atomic E-state index is 11.7. The molecule has 92 valence electrons. The van der Waals surface area contributed by atoms with Crippen molar-refractivity contribution >= 4 is 6.09 Å². The monoisotopic (exact) mass is 233 g/mol. The molecule has 1 aliphatic rings. The number of amides is 1. The highest BCUT2D eigenvalue weighted by Crippen LogP contribution is 2.10. The van der Waals surface area contributed by atoms with Crippen LogP contribution in [0.3, 0.4) is 0 Å². The van der Waals surface area contributed by atoms with Crippen molar-refractivity contribution < 1.29 is 9.53 Å². The van der Waals surface area contributed by atoms with E-state index < -0.39 is 0 Å². The van der Waals surface area contributed by atoms with Gasteiger partial charge in [0.25, 0.3) is 0 Å². The van der Waals surface area contributed by atoms with Crippen molar-refractivity contribution in [1.29, 1.82) is 0 Å². The van der Waals surface area contributed by atoms with Crippen LogP contribution in [0, 0.1) is 0 Å². The number of nitrogens with zero attached hydrogens (tertiary/aromatic N) is 1. The second kappa shape index (κ2) is 6.28. The van der Waals surface area contributed by atoms with E-state index in [1.54, 1.807) is 0 Å². The van der Waals surface area contributed by atoms with Gasteiger partial charge in [0.05, 0.1) is 6.61 Å². The molecule has 0 spiro atoms. The van der Waals surface area contributed by atoms with E-state index in [2.05, 4.69) is 12.1 Å². The topological polar surface area (TPSA) is 29.5 Å². The Morgan fingerprint density at radius 1 is 1.12 bits per heavy atom. The molecular weight excluding hydrogens is 214 g/mol. The minimum atomic E-state index is -0.152. The van der Waals surface area contributed by atoms with E-state index in [-0.39, 0.29) is 6.09 Å². The first kappa shape index (κ1) is 12.0. The fraction of sp³-hybridized carbons (Fsp3) is 0.500. The lowest BCUT2D eigenvalue weighted by Crippen LogP contribution is -2.36. The third-order valence-corrected chi connectivity index (χ3v) is 3.07. The van der Waals surface area contributed by atoms with Crippen molar-refractivity contribution in [1.82, 2.24) is 4.90 Å². The molecule has 2 rings (SSSR count). The largest absolute Gasteiger partial charge is 0.449 e. The summed E-state index contributed by atoms with van der Waals surface area (Å²) < 4.78 is 5.27. The molecule has 0 aromatic heterocycles. The molecule has 0 radical (unpaired) electrons. The first-order chi connectivity index (χ1) is 8.36. The van der Waals surface area contributed by atoms with Crippen LogP contribution < -0.4 is 0 Å². The number of likely N-dealkylation sites (tertiary alicyclic amines) is 1. The summed E-state index contributed by atoms with van der Waals surface area (Å²) in [7, 11) is 0. The zero-order valence-electron chi connectivity index (χ0n) is 10.1. The maximum atomic E-state index is 11.7. The van der Waals surface area contributed by atoms with Crippen LogP contribution in [0.25, 0.3) is 0 Å². The predicted octanol–water partition coefficient (Wildman–Crippen LogP) is 2.85.